The molecule has 0 bridgehead atoms. The highest BCUT2D eigenvalue weighted by atomic mass is 35.5. The highest BCUT2D eigenvalue weighted by Crippen LogP contribution is 2.09. The topological polar surface area (TPSA) is 62.6 Å². The molecule has 0 aliphatic carbocycles. The van der Waals surface area contributed by atoms with Crippen LogP contribution in [0.3, 0.4) is 0 Å². The van der Waals surface area contributed by atoms with Crippen LogP contribution in [0.1, 0.15) is 33.3 Å². The van der Waals surface area contributed by atoms with Gasteiger partial charge in [-0.05, 0) is 45.4 Å². The zero-order valence-corrected chi connectivity index (χ0v) is 15.1. The van der Waals surface area contributed by atoms with E-state index in [1.54, 1.807) is 6.07 Å². The van der Waals surface area contributed by atoms with Gasteiger partial charge in [0, 0.05) is 17.1 Å². The number of carbonyl (C=O) groups excluding carboxylic acids is 2. The summed E-state index contributed by atoms with van der Waals surface area (Å²) in [7, 11) is 0. The summed E-state index contributed by atoms with van der Waals surface area (Å²) in [6, 6.07) is 7.38. The summed E-state index contributed by atoms with van der Waals surface area (Å²) in [5.41, 5.74) is 0.694. The molecule has 1 aromatic carbocycles. The van der Waals surface area contributed by atoms with Crippen molar-refractivity contribution in [2.24, 2.45) is 0 Å². The summed E-state index contributed by atoms with van der Waals surface area (Å²) < 4.78 is 0. The van der Waals surface area contributed by atoms with E-state index in [1.807, 2.05) is 45.9 Å². The average Bonchev–Trinajstić information content (AvgIpc) is 2.42. The smallest absolute Gasteiger partial charge is 0.275 e. The molecule has 0 aromatic heterocycles. The van der Waals surface area contributed by atoms with Crippen molar-refractivity contribution in [3.05, 3.63) is 34.9 Å². The van der Waals surface area contributed by atoms with Crippen molar-refractivity contribution in [3.8, 4) is 0 Å². The molecule has 0 saturated carbocycles. The lowest BCUT2D eigenvalue weighted by Gasteiger charge is -2.23. The predicted octanol–water partition coefficient (Wildman–Crippen LogP) is 0.776. The van der Waals surface area contributed by atoms with Gasteiger partial charge < -0.3 is 15.5 Å². The van der Waals surface area contributed by atoms with Crippen molar-refractivity contribution < 1.29 is 14.5 Å². The molecule has 0 fully saturated rings. The van der Waals surface area contributed by atoms with Crippen molar-refractivity contribution in [3.63, 3.8) is 0 Å². The van der Waals surface area contributed by atoms with Gasteiger partial charge in [-0.1, -0.05) is 23.7 Å². The summed E-state index contributed by atoms with van der Waals surface area (Å²) in [5.74, 6) is -0.123. The Bertz CT molecular complexity index is 541. The molecule has 0 saturated heterocycles. The molecule has 1 aromatic rings. The van der Waals surface area contributed by atoms with Crippen LogP contribution in [0.5, 0.6) is 0 Å². The maximum Gasteiger partial charge on any atom is 0.275 e. The number of halogens is 1. The van der Waals surface area contributed by atoms with E-state index >= 15 is 0 Å². The fraction of sp³-hybridized carbons (Fsp3) is 0.529. The minimum atomic E-state index is -0.259. The van der Waals surface area contributed by atoms with E-state index in [4.69, 9.17) is 11.6 Å². The van der Waals surface area contributed by atoms with Crippen LogP contribution in [0.25, 0.3) is 0 Å². The largest absolute Gasteiger partial charge is 0.347 e. The van der Waals surface area contributed by atoms with Crippen molar-refractivity contribution in [2.45, 2.75) is 39.8 Å². The fourth-order valence-electron chi connectivity index (χ4n) is 2.14. The molecular formula is C17H27ClN3O2+. The highest BCUT2D eigenvalue weighted by molar-refractivity contribution is 6.30. The van der Waals surface area contributed by atoms with Gasteiger partial charge in [0.15, 0.2) is 13.1 Å². The third-order valence-corrected chi connectivity index (χ3v) is 3.45. The zero-order valence-electron chi connectivity index (χ0n) is 14.3. The zero-order chi connectivity index (χ0) is 17.5. The molecule has 5 nitrogen and oxygen atoms in total. The molecule has 1 atom stereocenters. The minimum absolute atomic E-state index is 0.0445. The number of carbonyl (C=O) groups is 2. The molecule has 3 N–H and O–H groups in total. The summed E-state index contributed by atoms with van der Waals surface area (Å²) in [4.78, 5) is 24.9. The summed E-state index contributed by atoms with van der Waals surface area (Å²) in [6.07, 6.45) is 0. The maximum atomic E-state index is 12.0. The van der Waals surface area contributed by atoms with E-state index in [9.17, 15) is 9.59 Å². The Morgan fingerprint density at radius 2 is 1.83 bits per heavy atom. The molecule has 2 amide bonds. The molecule has 0 aliphatic rings. The number of likely N-dealkylation sites (N-methyl/N-ethyl adjacent to an activating group) is 1. The van der Waals surface area contributed by atoms with Gasteiger partial charge in [-0.2, -0.15) is 0 Å². The quantitative estimate of drug-likeness (QED) is 0.687. The second-order valence-electron chi connectivity index (χ2n) is 6.66. The lowest BCUT2D eigenvalue weighted by molar-refractivity contribution is -0.881. The van der Waals surface area contributed by atoms with E-state index in [-0.39, 0.29) is 23.9 Å². The fourth-order valence-corrected chi connectivity index (χ4v) is 2.35. The Morgan fingerprint density at radius 1 is 1.17 bits per heavy atom. The predicted molar refractivity (Wildman–Crippen MR) is 92.4 cm³/mol. The number of rotatable bonds is 7. The van der Waals surface area contributed by atoms with Gasteiger partial charge in [-0.15, -0.1) is 0 Å². The number of nitrogens with one attached hydrogen (secondary N) is 3. The van der Waals surface area contributed by atoms with Crippen LogP contribution in [0, 0.1) is 0 Å². The van der Waals surface area contributed by atoms with Gasteiger partial charge in [-0.25, -0.2) is 0 Å². The molecule has 0 radical (unpaired) electrons. The van der Waals surface area contributed by atoms with Crippen LogP contribution in [0.2, 0.25) is 5.02 Å². The summed E-state index contributed by atoms with van der Waals surface area (Å²) in [5, 5.41) is 6.43. The molecule has 6 heteroatoms. The van der Waals surface area contributed by atoms with Crippen molar-refractivity contribution in [2.75, 3.05) is 19.6 Å². The van der Waals surface area contributed by atoms with Crippen molar-refractivity contribution in [1.29, 1.82) is 0 Å². The summed E-state index contributed by atoms with van der Waals surface area (Å²) >= 11 is 5.92. The van der Waals surface area contributed by atoms with E-state index in [1.165, 1.54) is 0 Å². The van der Waals surface area contributed by atoms with Gasteiger partial charge in [0.1, 0.15) is 0 Å². The monoisotopic (exact) mass is 340 g/mol. The Hall–Kier alpha value is -1.59. The minimum Gasteiger partial charge on any atom is -0.347 e. The number of benzene rings is 1. The maximum absolute atomic E-state index is 12.0. The number of hydrogen-bond acceptors (Lipinski definition) is 2. The van der Waals surface area contributed by atoms with Gasteiger partial charge in [-0.3, -0.25) is 9.59 Å². The first-order valence-corrected chi connectivity index (χ1v) is 8.23. The van der Waals surface area contributed by atoms with E-state index in [0.717, 1.165) is 10.5 Å². The Morgan fingerprint density at radius 3 is 2.39 bits per heavy atom. The van der Waals surface area contributed by atoms with Gasteiger partial charge in [0.05, 0.1) is 6.54 Å². The Balaban J connectivity index is 2.42. The first kappa shape index (κ1) is 19.5. The summed E-state index contributed by atoms with van der Waals surface area (Å²) in [6.45, 7) is 9.49. The van der Waals surface area contributed by atoms with E-state index in [2.05, 4.69) is 10.6 Å². The lowest BCUT2D eigenvalue weighted by Crippen LogP contribution is -3.14. The molecule has 1 unspecified atom stereocenters. The Labute approximate surface area is 143 Å². The second kappa shape index (κ2) is 8.89. The van der Waals surface area contributed by atoms with Crippen LogP contribution >= 0.6 is 11.6 Å². The number of hydrogen-bond donors (Lipinski definition) is 3. The van der Waals surface area contributed by atoms with Gasteiger partial charge in [0.25, 0.3) is 11.8 Å². The first-order chi connectivity index (χ1) is 10.7. The number of amides is 2. The first-order valence-electron chi connectivity index (χ1n) is 7.85. The highest BCUT2D eigenvalue weighted by Gasteiger charge is 2.20. The molecule has 23 heavy (non-hydrogen) atoms. The average molecular weight is 341 g/mol. The van der Waals surface area contributed by atoms with E-state index < -0.39 is 0 Å². The third kappa shape index (κ3) is 8.57. The molecule has 0 heterocycles. The molecular weight excluding hydrogens is 314 g/mol. The third-order valence-electron chi connectivity index (χ3n) is 3.21. The van der Waals surface area contributed by atoms with Crippen LogP contribution in [-0.2, 0) is 16.1 Å². The van der Waals surface area contributed by atoms with Crippen molar-refractivity contribution in [1.82, 2.24) is 10.6 Å². The molecule has 1 rings (SSSR count). The van der Waals surface area contributed by atoms with Gasteiger partial charge in [0.2, 0.25) is 0 Å². The lowest BCUT2D eigenvalue weighted by atomic mass is 10.1. The normalized spacial score (nSPS) is 12.6. The second-order valence-corrected chi connectivity index (χ2v) is 7.10. The van der Waals surface area contributed by atoms with Crippen LogP contribution in [0.15, 0.2) is 24.3 Å². The van der Waals surface area contributed by atoms with Crippen LogP contribution in [-0.4, -0.2) is 37.0 Å². The van der Waals surface area contributed by atoms with Crippen molar-refractivity contribution >= 4 is 23.4 Å². The van der Waals surface area contributed by atoms with Crippen LogP contribution in [0.4, 0.5) is 0 Å². The SMILES string of the molecule is CC[NH+](CC(=O)NCc1cccc(Cl)c1)CC(=O)NC(C)(C)C. The van der Waals surface area contributed by atoms with E-state index in [0.29, 0.717) is 24.7 Å². The molecule has 0 aliphatic heterocycles. The Kier molecular flexibility index (Phi) is 7.52. The molecule has 0 spiro atoms. The van der Waals surface area contributed by atoms with Gasteiger partial charge >= 0.3 is 0 Å². The number of quaternary nitrogens is 1. The van der Waals surface area contributed by atoms with Crippen LogP contribution < -0.4 is 15.5 Å². The molecule has 128 valence electrons. The standard InChI is InChI=1S/C17H26ClN3O2/c1-5-21(12-16(23)20-17(2,3)4)11-15(22)19-10-13-7-6-8-14(18)9-13/h6-9H,5,10-12H2,1-4H3,(H,19,22)(H,20,23)/p+1.